The molecule has 9 heteroatoms. The summed E-state index contributed by atoms with van der Waals surface area (Å²) in [7, 11) is 0. The van der Waals surface area contributed by atoms with Gasteiger partial charge in [0.05, 0.1) is 29.8 Å². The van der Waals surface area contributed by atoms with Crippen molar-refractivity contribution in [1.82, 2.24) is 34.5 Å². The topological polar surface area (TPSA) is 103 Å². The molecule has 1 amide bonds. The van der Waals surface area contributed by atoms with Crippen LogP contribution in [-0.2, 0) is 11.3 Å². The van der Waals surface area contributed by atoms with Crippen molar-refractivity contribution in [2.24, 2.45) is 0 Å². The molecule has 0 aromatic carbocycles. The van der Waals surface area contributed by atoms with Crippen LogP contribution < -0.4 is 5.32 Å². The van der Waals surface area contributed by atoms with Gasteiger partial charge in [-0.15, -0.1) is 0 Å². The number of hydrogen-bond donors (Lipinski definition) is 1. The number of rotatable bonds is 6. The molecule has 4 aromatic rings. The Balaban J connectivity index is 1.27. The first-order chi connectivity index (χ1) is 16.1. The Bertz CT molecular complexity index is 1250. The monoisotopic (exact) mass is 442 g/mol. The van der Waals surface area contributed by atoms with Gasteiger partial charge in [0, 0.05) is 47.2 Å². The van der Waals surface area contributed by atoms with Crippen molar-refractivity contribution in [3.05, 3.63) is 60.7 Å². The second-order valence-corrected chi connectivity index (χ2v) is 8.42. The van der Waals surface area contributed by atoms with Gasteiger partial charge in [-0.05, 0) is 38.8 Å². The molecule has 0 spiro atoms. The lowest BCUT2D eigenvalue weighted by Crippen LogP contribution is -2.20. The van der Waals surface area contributed by atoms with E-state index in [2.05, 4.69) is 41.3 Å². The molecule has 5 rings (SSSR count). The average Bonchev–Trinajstić information content (AvgIpc) is 3.56. The number of carbonyl (C=O) groups is 1. The number of hydrogen-bond acceptors (Lipinski definition) is 6. The molecule has 4 heterocycles. The largest absolute Gasteiger partial charge is 0.309 e. The summed E-state index contributed by atoms with van der Waals surface area (Å²) in [5.41, 5.74) is 5.48. The Morgan fingerprint density at radius 2 is 1.91 bits per heavy atom. The number of aromatic nitrogens is 7. The van der Waals surface area contributed by atoms with Crippen LogP contribution >= 0.6 is 0 Å². The van der Waals surface area contributed by atoms with Gasteiger partial charge in [-0.3, -0.25) is 24.1 Å². The van der Waals surface area contributed by atoms with Gasteiger partial charge in [-0.2, -0.15) is 10.2 Å². The Morgan fingerprint density at radius 3 is 2.64 bits per heavy atom. The number of nitrogens with one attached hydrogen (secondary N) is 1. The van der Waals surface area contributed by atoms with Gasteiger partial charge in [-0.1, -0.05) is 12.8 Å². The summed E-state index contributed by atoms with van der Waals surface area (Å²) in [4.78, 5) is 25.3. The molecule has 1 fully saturated rings. The number of carbonyl (C=O) groups excluding carboxylic acids is 1. The van der Waals surface area contributed by atoms with Crippen LogP contribution in [0.2, 0.25) is 0 Å². The third-order valence-corrected chi connectivity index (χ3v) is 6.15. The van der Waals surface area contributed by atoms with Crippen molar-refractivity contribution in [1.29, 1.82) is 0 Å². The molecule has 1 N–H and O–H groups in total. The first kappa shape index (κ1) is 21.0. The minimum absolute atomic E-state index is 0.108. The Kier molecular flexibility index (Phi) is 5.68. The van der Waals surface area contributed by atoms with Gasteiger partial charge >= 0.3 is 0 Å². The van der Waals surface area contributed by atoms with Crippen molar-refractivity contribution in [3.8, 4) is 22.4 Å². The first-order valence-electron chi connectivity index (χ1n) is 11.2. The number of nitrogens with zero attached hydrogens (tertiary/aromatic N) is 7. The van der Waals surface area contributed by atoms with Crippen molar-refractivity contribution in [2.45, 2.75) is 52.1 Å². The lowest BCUT2D eigenvalue weighted by Gasteiger charge is -2.08. The normalized spacial score (nSPS) is 14.0. The quantitative estimate of drug-likeness (QED) is 0.485. The summed E-state index contributed by atoms with van der Waals surface area (Å²) in [6.07, 6.45) is 15.5. The van der Waals surface area contributed by atoms with Crippen LogP contribution in [0, 0.1) is 13.8 Å². The molecule has 0 atom stereocenters. The maximum atomic E-state index is 12.7. The number of amides is 1. The summed E-state index contributed by atoms with van der Waals surface area (Å²) in [5, 5.41) is 12.1. The first-order valence-corrected chi connectivity index (χ1v) is 11.2. The van der Waals surface area contributed by atoms with Crippen LogP contribution in [0.4, 0.5) is 5.82 Å². The highest BCUT2D eigenvalue weighted by atomic mass is 16.2. The fourth-order valence-electron chi connectivity index (χ4n) is 4.49. The molecule has 1 aliphatic rings. The van der Waals surface area contributed by atoms with Crippen molar-refractivity contribution in [2.75, 3.05) is 5.32 Å². The molecule has 0 radical (unpaired) electrons. The molecule has 0 aliphatic heterocycles. The predicted octanol–water partition coefficient (Wildman–Crippen LogP) is 3.97. The van der Waals surface area contributed by atoms with E-state index in [1.165, 1.54) is 25.7 Å². The summed E-state index contributed by atoms with van der Waals surface area (Å²) in [6.45, 7) is 4.07. The third-order valence-electron chi connectivity index (χ3n) is 6.15. The Morgan fingerprint density at radius 1 is 1.06 bits per heavy atom. The molecular formula is C24H26N8O. The molecule has 0 saturated heterocycles. The average molecular weight is 443 g/mol. The molecule has 1 aliphatic carbocycles. The highest BCUT2D eigenvalue weighted by molar-refractivity contribution is 5.89. The SMILES string of the molecule is Cc1nn(CC(=O)Nc2ccc(-c3cnccn3)cn2)c(C)c1-c1cnn(C2CCCC2)c1. The fraction of sp³-hybridized carbons (Fsp3) is 0.333. The van der Waals surface area contributed by atoms with E-state index in [1.807, 2.05) is 26.1 Å². The maximum Gasteiger partial charge on any atom is 0.247 e. The lowest BCUT2D eigenvalue weighted by atomic mass is 10.1. The Hall–Kier alpha value is -3.88. The van der Waals surface area contributed by atoms with Gasteiger partial charge < -0.3 is 5.32 Å². The van der Waals surface area contributed by atoms with E-state index in [9.17, 15) is 4.79 Å². The predicted molar refractivity (Wildman–Crippen MR) is 124 cm³/mol. The molecule has 33 heavy (non-hydrogen) atoms. The number of pyridine rings is 1. The molecule has 0 unspecified atom stereocenters. The summed E-state index contributed by atoms with van der Waals surface area (Å²) in [6, 6.07) is 4.11. The second-order valence-electron chi connectivity index (χ2n) is 8.42. The van der Waals surface area contributed by atoms with Crippen LogP contribution in [0.1, 0.15) is 43.1 Å². The number of aryl methyl sites for hydroxylation is 1. The van der Waals surface area contributed by atoms with E-state index in [0.717, 1.165) is 33.8 Å². The van der Waals surface area contributed by atoms with Crippen LogP contribution in [-0.4, -0.2) is 40.4 Å². The minimum atomic E-state index is -0.187. The highest BCUT2D eigenvalue weighted by Crippen LogP contribution is 2.32. The van der Waals surface area contributed by atoms with Crippen LogP contribution in [0.25, 0.3) is 22.4 Å². The molecule has 1 saturated carbocycles. The van der Waals surface area contributed by atoms with Crippen molar-refractivity contribution in [3.63, 3.8) is 0 Å². The van der Waals surface area contributed by atoms with E-state index < -0.39 is 0 Å². The standard InChI is InChI=1S/C24H26N8O/c1-16-24(19-12-28-32(14-19)20-5-3-4-6-20)17(2)31(30-16)15-23(33)29-22-8-7-18(11-27-22)21-13-25-9-10-26-21/h7-14,20H,3-6,15H2,1-2H3,(H,27,29,33). The summed E-state index contributed by atoms with van der Waals surface area (Å²) >= 11 is 0. The summed E-state index contributed by atoms with van der Waals surface area (Å²) in [5.74, 6) is 0.292. The van der Waals surface area contributed by atoms with Crippen molar-refractivity contribution < 1.29 is 4.79 Å². The van der Waals surface area contributed by atoms with E-state index in [0.29, 0.717) is 11.9 Å². The van der Waals surface area contributed by atoms with Gasteiger partial charge in [-0.25, -0.2) is 4.98 Å². The van der Waals surface area contributed by atoms with Gasteiger partial charge in [0.15, 0.2) is 0 Å². The molecule has 0 bridgehead atoms. The highest BCUT2D eigenvalue weighted by Gasteiger charge is 2.21. The maximum absolute atomic E-state index is 12.7. The fourth-order valence-corrected chi connectivity index (χ4v) is 4.49. The van der Waals surface area contributed by atoms with Crippen molar-refractivity contribution >= 4 is 11.7 Å². The van der Waals surface area contributed by atoms with Gasteiger partial charge in [0.1, 0.15) is 12.4 Å². The smallest absolute Gasteiger partial charge is 0.247 e. The molecule has 4 aromatic heterocycles. The van der Waals surface area contributed by atoms with Gasteiger partial charge in [0.2, 0.25) is 5.91 Å². The molecule has 9 nitrogen and oxygen atoms in total. The van der Waals surface area contributed by atoms with Crippen LogP contribution in [0.5, 0.6) is 0 Å². The molecular weight excluding hydrogens is 416 g/mol. The van der Waals surface area contributed by atoms with Gasteiger partial charge in [0.25, 0.3) is 0 Å². The summed E-state index contributed by atoms with van der Waals surface area (Å²) < 4.78 is 3.82. The van der Waals surface area contributed by atoms with E-state index in [4.69, 9.17) is 0 Å². The van der Waals surface area contributed by atoms with Crippen LogP contribution in [0.3, 0.4) is 0 Å². The lowest BCUT2D eigenvalue weighted by molar-refractivity contribution is -0.117. The Labute approximate surface area is 191 Å². The van der Waals surface area contributed by atoms with E-state index in [-0.39, 0.29) is 12.5 Å². The minimum Gasteiger partial charge on any atom is -0.309 e. The second kappa shape index (κ2) is 8.93. The van der Waals surface area contributed by atoms with E-state index >= 15 is 0 Å². The third kappa shape index (κ3) is 4.39. The van der Waals surface area contributed by atoms with Crippen LogP contribution in [0.15, 0.2) is 49.3 Å². The van der Waals surface area contributed by atoms with E-state index in [1.54, 1.807) is 35.5 Å². The number of anilines is 1. The zero-order valence-electron chi connectivity index (χ0n) is 18.8. The zero-order chi connectivity index (χ0) is 22.8. The zero-order valence-corrected chi connectivity index (χ0v) is 18.8. The molecule has 168 valence electrons.